The molecule has 0 radical (unpaired) electrons. The minimum atomic E-state index is -0.249. The Morgan fingerprint density at radius 2 is 1.57 bits per heavy atom. The number of amides is 3. The van der Waals surface area contributed by atoms with Crippen LogP contribution in [0.2, 0.25) is 0 Å². The van der Waals surface area contributed by atoms with Crippen LogP contribution in [0.4, 0.5) is 21.9 Å². The van der Waals surface area contributed by atoms with E-state index in [0.717, 1.165) is 29.7 Å². The van der Waals surface area contributed by atoms with Gasteiger partial charge in [-0.2, -0.15) is 0 Å². The topological polar surface area (TPSA) is 87.5 Å². The van der Waals surface area contributed by atoms with Gasteiger partial charge in [0.2, 0.25) is 5.91 Å². The Kier molecular flexibility index (Phi) is 8.17. The lowest BCUT2D eigenvalue weighted by Crippen LogP contribution is -2.45. The van der Waals surface area contributed by atoms with Crippen LogP contribution in [0.5, 0.6) is 0 Å². The van der Waals surface area contributed by atoms with Gasteiger partial charge in [0.15, 0.2) is 0 Å². The highest BCUT2D eigenvalue weighted by molar-refractivity contribution is 6.03. The summed E-state index contributed by atoms with van der Waals surface area (Å²) in [6.45, 7) is 0.459. The van der Waals surface area contributed by atoms with Crippen molar-refractivity contribution in [3.63, 3.8) is 0 Å². The summed E-state index contributed by atoms with van der Waals surface area (Å²) in [6, 6.07) is 24.9. The molecule has 35 heavy (non-hydrogen) atoms. The fourth-order valence-corrected chi connectivity index (χ4v) is 4.26. The highest BCUT2D eigenvalue weighted by Crippen LogP contribution is 2.21. The molecule has 4 N–H and O–H groups in total. The van der Waals surface area contributed by atoms with Crippen LogP contribution < -0.4 is 21.3 Å². The van der Waals surface area contributed by atoms with Gasteiger partial charge in [-0.25, -0.2) is 4.79 Å². The van der Waals surface area contributed by atoms with Crippen LogP contribution in [0.3, 0.4) is 0 Å². The third-order valence-corrected chi connectivity index (χ3v) is 6.21. The van der Waals surface area contributed by atoms with E-state index in [1.54, 1.807) is 23.1 Å². The van der Waals surface area contributed by atoms with Crippen molar-refractivity contribution >= 4 is 35.1 Å². The number of anilines is 3. The van der Waals surface area contributed by atoms with E-state index in [4.69, 9.17) is 5.73 Å². The highest BCUT2D eigenvalue weighted by atomic mass is 16.2. The van der Waals surface area contributed by atoms with E-state index in [0.29, 0.717) is 17.9 Å². The normalized spacial score (nSPS) is 13.9. The van der Waals surface area contributed by atoms with E-state index >= 15 is 0 Å². The number of nitrogens with two attached hydrogens (primary N) is 1. The minimum absolute atomic E-state index is 0.0658. The number of benzene rings is 3. The molecular weight excluding hydrogens is 436 g/mol. The molecule has 180 valence electrons. The lowest BCUT2D eigenvalue weighted by molar-refractivity contribution is -0.111. The summed E-state index contributed by atoms with van der Waals surface area (Å²) in [5.41, 5.74) is 9.75. The summed E-state index contributed by atoms with van der Waals surface area (Å²) >= 11 is 0. The van der Waals surface area contributed by atoms with E-state index in [-0.39, 0.29) is 18.0 Å². The van der Waals surface area contributed by atoms with Crippen molar-refractivity contribution in [2.24, 2.45) is 0 Å². The number of rotatable bonds is 7. The molecule has 0 spiro atoms. The molecule has 4 rings (SSSR count). The Bertz CT molecular complexity index is 1150. The molecule has 0 bridgehead atoms. The number of para-hydroxylation sites is 3. The number of carbonyl (C=O) groups excluding carboxylic acids is 2. The monoisotopic (exact) mass is 468 g/mol. The summed E-state index contributed by atoms with van der Waals surface area (Å²) in [5.74, 6) is -0.249. The van der Waals surface area contributed by atoms with Crippen molar-refractivity contribution < 1.29 is 9.59 Å². The summed E-state index contributed by atoms with van der Waals surface area (Å²) in [5, 5.41) is 6.01. The Hall–Kier alpha value is -4.06. The average Bonchev–Trinajstić information content (AvgIpc) is 2.89. The maximum atomic E-state index is 13.2. The second kappa shape index (κ2) is 11.9. The van der Waals surface area contributed by atoms with Crippen molar-refractivity contribution in [3.8, 4) is 0 Å². The number of hydrogen-bond acceptors (Lipinski definition) is 3. The first-order valence-electron chi connectivity index (χ1n) is 12.1. The molecule has 1 aliphatic rings. The first-order valence-corrected chi connectivity index (χ1v) is 12.1. The van der Waals surface area contributed by atoms with Crippen LogP contribution in [0.1, 0.15) is 43.2 Å². The van der Waals surface area contributed by atoms with Gasteiger partial charge in [-0.1, -0.05) is 73.9 Å². The van der Waals surface area contributed by atoms with Crippen LogP contribution in [0.15, 0.2) is 84.9 Å². The summed E-state index contributed by atoms with van der Waals surface area (Å²) < 4.78 is 0. The molecule has 0 saturated heterocycles. The first-order chi connectivity index (χ1) is 17.1. The van der Waals surface area contributed by atoms with Gasteiger partial charge in [0, 0.05) is 17.8 Å². The standard InChI is InChI=1S/C29H32N4O2/c30-26-13-7-8-14-27(26)32-28(34)20-19-22-15-17-23(18-16-22)21-33(25-11-5-2-6-12-25)29(35)31-24-9-3-1-4-10-24/h2,5-8,11-20,24H,1,3-4,9-10,21,30H2,(H,31,35)(H,32,34). The number of nitrogens with zero attached hydrogens (tertiary/aromatic N) is 1. The van der Waals surface area contributed by atoms with Gasteiger partial charge >= 0.3 is 6.03 Å². The molecule has 3 aromatic rings. The first kappa shape index (κ1) is 24.1. The van der Waals surface area contributed by atoms with Crippen LogP contribution in [0, 0.1) is 0 Å². The summed E-state index contributed by atoms with van der Waals surface area (Å²) in [4.78, 5) is 27.2. The zero-order valence-electron chi connectivity index (χ0n) is 19.8. The van der Waals surface area contributed by atoms with Gasteiger partial charge in [-0.05, 0) is 54.3 Å². The molecule has 3 amide bonds. The number of nitrogens with one attached hydrogen (secondary N) is 2. The van der Waals surface area contributed by atoms with Crippen molar-refractivity contribution in [2.75, 3.05) is 16.0 Å². The smallest absolute Gasteiger partial charge is 0.322 e. The van der Waals surface area contributed by atoms with E-state index in [1.165, 1.54) is 25.3 Å². The fourth-order valence-electron chi connectivity index (χ4n) is 4.26. The van der Waals surface area contributed by atoms with Gasteiger partial charge in [-0.15, -0.1) is 0 Å². The maximum absolute atomic E-state index is 13.2. The third kappa shape index (κ3) is 6.96. The van der Waals surface area contributed by atoms with Gasteiger partial charge in [0.25, 0.3) is 0 Å². The van der Waals surface area contributed by atoms with Gasteiger partial charge in [0.05, 0.1) is 17.9 Å². The van der Waals surface area contributed by atoms with Crippen molar-refractivity contribution in [3.05, 3.63) is 96.1 Å². The van der Waals surface area contributed by atoms with E-state index in [1.807, 2.05) is 66.7 Å². The second-order valence-electron chi connectivity index (χ2n) is 8.86. The molecule has 6 nitrogen and oxygen atoms in total. The summed E-state index contributed by atoms with van der Waals surface area (Å²) in [7, 11) is 0. The largest absolute Gasteiger partial charge is 0.397 e. The van der Waals surface area contributed by atoms with Gasteiger partial charge in [0.1, 0.15) is 0 Å². The Balaban J connectivity index is 1.40. The van der Waals surface area contributed by atoms with Crippen LogP contribution in [-0.2, 0) is 11.3 Å². The predicted molar refractivity (Wildman–Crippen MR) is 143 cm³/mol. The quantitative estimate of drug-likeness (QED) is 0.295. The molecule has 0 atom stereocenters. The number of hydrogen-bond donors (Lipinski definition) is 3. The lowest BCUT2D eigenvalue weighted by Gasteiger charge is -2.28. The molecule has 1 fully saturated rings. The molecule has 0 aromatic heterocycles. The highest BCUT2D eigenvalue weighted by Gasteiger charge is 2.21. The predicted octanol–water partition coefficient (Wildman–Crippen LogP) is 5.97. The Morgan fingerprint density at radius 3 is 2.29 bits per heavy atom. The molecule has 6 heteroatoms. The Labute approximate surface area is 206 Å². The number of urea groups is 1. The van der Waals surface area contributed by atoms with Gasteiger partial charge in [-0.3, -0.25) is 9.69 Å². The van der Waals surface area contributed by atoms with E-state index in [9.17, 15) is 9.59 Å². The van der Waals surface area contributed by atoms with Crippen LogP contribution >= 0.6 is 0 Å². The van der Waals surface area contributed by atoms with E-state index in [2.05, 4.69) is 10.6 Å². The van der Waals surface area contributed by atoms with Crippen molar-refractivity contribution in [1.82, 2.24) is 5.32 Å². The molecule has 1 aliphatic carbocycles. The lowest BCUT2D eigenvalue weighted by atomic mass is 9.96. The zero-order chi connectivity index (χ0) is 24.5. The molecule has 0 aliphatic heterocycles. The van der Waals surface area contributed by atoms with Crippen molar-refractivity contribution in [2.45, 2.75) is 44.7 Å². The fraction of sp³-hybridized carbons (Fsp3) is 0.241. The van der Waals surface area contributed by atoms with Crippen LogP contribution in [0.25, 0.3) is 6.08 Å². The average molecular weight is 469 g/mol. The molecule has 0 heterocycles. The van der Waals surface area contributed by atoms with Gasteiger partial charge < -0.3 is 16.4 Å². The molecular formula is C29H32N4O2. The van der Waals surface area contributed by atoms with E-state index < -0.39 is 0 Å². The maximum Gasteiger partial charge on any atom is 0.322 e. The second-order valence-corrected chi connectivity index (χ2v) is 8.86. The molecule has 1 saturated carbocycles. The van der Waals surface area contributed by atoms with Crippen LogP contribution in [-0.4, -0.2) is 18.0 Å². The molecule has 0 unspecified atom stereocenters. The number of carbonyl (C=O) groups is 2. The van der Waals surface area contributed by atoms with Crippen molar-refractivity contribution in [1.29, 1.82) is 0 Å². The minimum Gasteiger partial charge on any atom is -0.397 e. The SMILES string of the molecule is Nc1ccccc1NC(=O)C=Cc1ccc(CN(C(=O)NC2CCCCC2)c2ccccc2)cc1. The Morgan fingerprint density at radius 1 is 0.886 bits per heavy atom. The summed E-state index contributed by atoms with van der Waals surface area (Å²) in [6.07, 6.45) is 8.90. The number of nitrogen functional groups attached to an aromatic ring is 1. The third-order valence-electron chi connectivity index (χ3n) is 6.21. The zero-order valence-corrected chi connectivity index (χ0v) is 19.8. The molecule has 3 aromatic carbocycles.